The van der Waals surface area contributed by atoms with Gasteiger partial charge in [-0.2, -0.15) is 0 Å². The number of amides is 1. The smallest absolute Gasteiger partial charge is 0.261 e. The number of fused-ring (bicyclic) bond motifs is 1. The zero-order valence-corrected chi connectivity index (χ0v) is 15.5. The molecule has 1 heterocycles. The summed E-state index contributed by atoms with van der Waals surface area (Å²) in [5.41, 5.74) is 4.13. The SMILES string of the molecule is CCc1cccc(CC)c1NS(=O)(=O)c1ccc2c(c1)CC(=O)N2C. The monoisotopic (exact) mass is 358 g/mol. The van der Waals surface area contributed by atoms with Crippen LogP contribution in [0.3, 0.4) is 0 Å². The summed E-state index contributed by atoms with van der Waals surface area (Å²) in [4.78, 5) is 13.5. The van der Waals surface area contributed by atoms with Crippen LogP contribution in [0.4, 0.5) is 11.4 Å². The van der Waals surface area contributed by atoms with Crippen LogP contribution in [0.15, 0.2) is 41.3 Å². The molecule has 1 N–H and O–H groups in total. The molecule has 1 amide bonds. The van der Waals surface area contributed by atoms with E-state index in [4.69, 9.17) is 0 Å². The molecule has 0 saturated heterocycles. The Hall–Kier alpha value is -2.34. The molecule has 0 aliphatic carbocycles. The number of para-hydroxylation sites is 1. The molecule has 2 aromatic rings. The first-order valence-electron chi connectivity index (χ1n) is 8.40. The quantitative estimate of drug-likeness (QED) is 0.893. The average molecular weight is 358 g/mol. The summed E-state index contributed by atoms with van der Waals surface area (Å²) in [6, 6.07) is 10.7. The predicted molar refractivity (Wildman–Crippen MR) is 99.6 cm³/mol. The highest BCUT2D eigenvalue weighted by molar-refractivity contribution is 7.92. The Balaban J connectivity index is 2.00. The van der Waals surface area contributed by atoms with Crippen LogP contribution in [-0.2, 0) is 34.1 Å². The van der Waals surface area contributed by atoms with Crippen LogP contribution >= 0.6 is 0 Å². The Kier molecular flexibility index (Phi) is 4.56. The number of nitrogens with zero attached hydrogens (tertiary/aromatic N) is 1. The van der Waals surface area contributed by atoms with E-state index in [0.29, 0.717) is 5.69 Å². The largest absolute Gasteiger partial charge is 0.315 e. The van der Waals surface area contributed by atoms with Gasteiger partial charge in [-0.3, -0.25) is 9.52 Å². The van der Waals surface area contributed by atoms with E-state index >= 15 is 0 Å². The summed E-state index contributed by atoms with van der Waals surface area (Å²) < 4.78 is 28.5. The van der Waals surface area contributed by atoms with Crippen LogP contribution in [0.25, 0.3) is 0 Å². The van der Waals surface area contributed by atoms with Crippen LogP contribution < -0.4 is 9.62 Å². The summed E-state index contributed by atoms with van der Waals surface area (Å²) in [6.45, 7) is 4.01. The molecular weight excluding hydrogens is 336 g/mol. The van der Waals surface area contributed by atoms with Crippen molar-refractivity contribution in [1.29, 1.82) is 0 Å². The van der Waals surface area contributed by atoms with E-state index in [-0.39, 0.29) is 17.2 Å². The van der Waals surface area contributed by atoms with E-state index in [1.165, 1.54) is 0 Å². The average Bonchev–Trinajstić information content (AvgIpc) is 2.88. The van der Waals surface area contributed by atoms with Crippen molar-refractivity contribution in [2.24, 2.45) is 0 Å². The molecule has 25 heavy (non-hydrogen) atoms. The third kappa shape index (κ3) is 3.14. The minimum Gasteiger partial charge on any atom is -0.315 e. The highest BCUT2D eigenvalue weighted by atomic mass is 32.2. The maximum atomic E-state index is 12.9. The third-order valence-corrected chi connectivity index (χ3v) is 6.02. The number of hydrogen-bond donors (Lipinski definition) is 1. The summed E-state index contributed by atoms with van der Waals surface area (Å²) >= 11 is 0. The van der Waals surface area contributed by atoms with Crippen molar-refractivity contribution < 1.29 is 13.2 Å². The second kappa shape index (κ2) is 6.52. The lowest BCUT2D eigenvalue weighted by Crippen LogP contribution is -2.20. The zero-order chi connectivity index (χ0) is 18.2. The van der Waals surface area contributed by atoms with Crippen molar-refractivity contribution >= 4 is 27.3 Å². The molecule has 1 aliphatic rings. The van der Waals surface area contributed by atoms with Gasteiger partial charge in [0.05, 0.1) is 17.0 Å². The molecule has 0 saturated carbocycles. The number of anilines is 2. The fraction of sp³-hybridized carbons (Fsp3) is 0.316. The predicted octanol–water partition coefficient (Wildman–Crippen LogP) is 3.13. The highest BCUT2D eigenvalue weighted by Gasteiger charge is 2.26. The van der Waals surface area contributed by atoms with Crippen LogP contribution in [0.5, 0.6) is 0 Å². The zero-order valence-electron chi connectivity index (χ0n) is 14.7. The van der Waals surface area contributed by atoms with E-state index in [2.05, 4.69) is 4.72 Å². The third-order valence-electron chi connectivity index (χ3n) is 4.67. The second-order valence-electron chi connectivity index (χ2n) is 6.18. The van der Waals surface area contributed by atoms with Crippen molar-refractivity contribution in [3.63, 3.8) is 0 Å². The first-order valence-corrected chi connectivity index (χ1v) is 9.88. The Morgan fingerprint density at radius 1 is 1.08 bits per heavy atom. The number of aryl methyl sites for hydroxylation is 2. The van der Waals surface area contributed by atoms with Crippen molar-refractivity contribution in [3.8, 4) is 0 Å². The molecule has 0 fully saturated rings. The van der Waals surface area contributed by atoms with Crippen LogP contribution in [0.1, 0.15) is 30.5 Å². The number of hydrogen-bond acceptors (Lipinski definition) is 3. The van der Waals surface area contributed by atoms with Crippen molar-refractivity contribution in [3.05, 3.63) is 53.1 Å². The van der Waals surface area contributed by atoms with Gasteiger partial charge in [0.2, 0.25) is 5.91 Å². The minimum absolute atomic E-state index is 0.0258. The fourth-order valence-corrected chi connectivity index (χ4v) is 4.37. The molecule has 1 aliphatic heterocycles. The van der Waals surface area contributed by atoms with E-state index in [1.807, 2.05) is 32.0 Å². The van der Waals surface area contributed by atoms with Crippen LogP contribution in [0.2, 0.25) is 0 Å². The molecule has 2 aromatic carbocycles. The van der Waals surface area contributed by atoms with E-state index in [0.717, 1.165) is 35.2 Å². The number of likely N-dealkylation sites (N-methyl/N-ethyl adjacent to an activating group) is 1. The van der Waals surface area contributed by atoms with Crippen molar-refractivity contribution in [2.45, 2.75) is 38.0 Å². The molecule has 0 unspecified atom stereocenters. The molecule has 0 radical (unpaired) electrons. The minimum atomic E-state index is -3.71. The Bertz CT molecular complexity index is 913. The number of benzene rings is 2. The molecule has 5 nitrogen and oxygen atoms in total. The molecule has 0 spiro atoms. The molecule has 0 aromatic heterocycles. The standard InChI is InChI=1S/C19H22N2O3S/c1-4-13-7-6-8-14(5-2)19(13)20-25(23,24)16-9-10-17-15(11-16)12-18(22)21(17)3/h6-11,20H,4-5,12H2,1-3H3. The van der Waals surface area contributed by atoms with E-state index < -0.39 is 10.0 Å². The van der Waals surface area contributed by atoms with E-state index in [1.54, 1.807) is 30.1 Å². The Labute approximate surface area is 148 Å². The lowest BCUT2D eigenvalue weighted by atomic mass is 10.0. The van der Waals surface area contributed by atoms with Crippen molar-refractivity contribution in [1.82, 2.24) is 0 Å². The first-order chi connectivity index (χ1) is 11.9. The summed E-state index contributed by atoms with van der Waals surface area (Å²) in [7, 11) is -2.01. The van der Waals surface area contributed by atoms with Gasteiger partial charge in [-0.15, -0.1) is 0 Å². The molecular formula is C19H22N2O3S. The molecule has 3 rings (SSSR count). The first kappa shape index (κ1) is 17.5. The van der Waals surface area contributed by atoms with Gasteiger partial charge in [0, 0.05) is 12.7 Å². The van der Waals surface area contributed by atoms with Gasteiger partial charge in [-0.1, -0.05) is 32.0 Å². The van der Waals surface area contributed by atoms with Gasteiger partial charge < -0.3 is 4.90 Å². The summed E-state index contributed by atoms with van der Waals surface area (Å²) in [5.74, 6) is -0.0258. The molecule has 0 atom stereocenters. The lowest BCUT2D eigenvalue weighted by molar-refractivity contribution is -0.117. The number of carbonyl (C=O) groups is 1. The lowest BCUT2D eigenvalue weighted by Gasteiger charge is -2.16. The van der Waals surface area contributed by atoms with Gasteiger partial charge in [0.25, 0.3) is 10.0 Å². The van der Waals surface area contributed by atoms with E-state index in [9.17, 15) is 13.2 Å². The number of rotatable bonds is 5. The fourth-order valence-electron chi connectivity index (χ4n) is 3.18. The van der Waals surface area contributed by atoms with Gasteiger partial charge in [0.1, 0.15) is 0 Å². The van der Waals surface area contributed by atoms with Crippen molar-refractivity contribution in [2.75, 3.05) is 16.7 Å². The number of nitrogens with one attached hydrogen (secondary N) is 1. The maximum Gasteiger partial charge on any atom is 0.261 e. The van der Waals surface area contributed by atoms with Crippen LogP contribution in [-0.4, -0.2) is 21.4 Å². The summed E-state index contributed by atoms with van der Waals surface area (Å²) in [6.07, 6.45) is 1.73. The molecule has 6 heteroatoms. The van der Waals surface area contributed by atoms with Gasteiger partial charge in [0.15, 0.2) is 0 Å². The normalized spacial score (nSPS) is 13.9. The second-order valence-corrected chi connectivity index (χ2v) is 7.87. The number of sulfonamides is 1. The van der Waals surface area contributed by atoms with Gasteiger partial charge in [-0.05, 0) is 47.7 Å². The van der Waals surface area contributed by atoms with Gasteiger partial charge >= 0.3 is 0 Å². The molecule has 0 bridgehead atoms. The van der Waals surface area contributed by atoms with Gasteiger partial charge in [-0.25, -0.2) is 8.42 Å². The summed E-state index contributed by atoms with van der Waals surface area (Å²) in [5, 5.41) is 0. The number of carbonyl (C=O) groups excluding carboxylic acids is 1. The van der Waals surface area contributed by atoms with Crippen LogP contribution in [0, 0.1) is 0 Å². The maximum absolute atomic E-state index is 12.9. The topological polar surface area (TPSA) is 66.5 Å². The Morgan fingerprint density at radius 2 is 1.72 bits per heavy atom. The Morgan fingerprint density at radius 3 is 2.32 bits per heavy atom. The molecule has 132 valence electrons. The highest BCUT2D eigenvalue weighted by Crippen LogP contribution is 2.31.